The van der Waals surface area contributed by atoms with E-state index in [0.717, 1.165) is 36.5 Å². The Kier molecular flexibility index (Phi) is 3.99. The van der Waals surface area contributed by atoms with Crippen LogP contribution in [-0.4, -0.2) is 31.6 Å². The molecule has 2 rings (SSSR count). The van der Waals surface area contributed by atoms with Crippen LogP contribution in [0.2, 0.25) is 10.0 Å². The number of likely N-dealkylation sites (tertiary alicyclic amines) is 1. The Morgan fingerprint density at radius 3 is 2.47 bits per heavy atom. The van der Waals surface area contributed by atoms with E-state index in [2.05, 4.69) is 11.9 Å². The molecule has 1 fully saturated rings. The molecule has 1 heterocycles. The van der Waals surface area contributed by atoms with E-state index in [-0.39, 0.29) is 5.41 Å². The number of nitrogens with zero attached hydrogens (tertiary/aromatic N) is 1. The zero-order valence-corrected chi connectivity index (χ0v) is 11.6. The quantitative estimate of drug-likeness (QED) is 0.897. The van der Waals surface area contributed by atoms with Crippen molar-refractivity contribution in [3.05, 3.63) is 33.8 Å². The lowest BCUT2D eigenvalue weighted by atomic mass is 9.73. The zero-order chi connectivity index (χ0) is 12.5. The molecule has 0 atom stereocenters. The first kappa shape index (κ1) is 13.2. The van der Waals surface area contributed by atoms with Gasteiger partial charge in [0.1, 0.15) is 0 Å². The third-order valence-electron chi connectivity index (χ3n) is 3.84. The summed E-state index contributed by atoms with van der Waals surface area (Å²) in [6.07, 6.45) is 2.11. The van der Waals surface area contributed by atoms with Crippen molar-refractivity contribution >= 4 is 23.2 Å². The van der Waals surface area contributed by atoms with Gasteiger partial charge in [-0.25, -0.2) is 0 Å². The van der Waals surface area contributed by atoms with Crippen LogP contribution in [-0.2, 0) is 5.41 Å². The van der Waals surface area contributed by atoms with Gasteiger partial charge >= 0.3 is 0 Å². The average Bonchev–Trinajstić information content (AvgIpc) is 2.31. The smallest absolute Gasteiger partial charge is 0.0458 e. The fourth-order valence-corrected chi connectivity index (χ4v) is 3.16. The topological polar surface area (TPSA) is 29.3 Å². The van der Waals surface area contributed by atoms with Crippen LogP contribution in [0.15, 0.2) is 18.2 Å². The van der Waals surface area contributed by atoms with Gasteiger partial charge < -0.3 is 10.6 Å². The van der Waals surface area contributed by atoms with Crippen LogP contribution in [0.4, 0.5) is 0 Å². The van der Waals surface area contributed by atoms with Crippen molar-refractivity contribution in [2.75, 3.05) is 26.7 Å². The fraction of sp³-hybridized carbons (Fsp3) is 0.538. The summed E-state index contributed by atoms with van der Waals surface area (Å²) in [5.74, 6) is 0. The van der Waals surface area contributed by atoms with Crippen molar-refractivity contribution in [1.29, 1.82) is 0 Å². The molecule has 0 amide bonds. The molecule has 0 aromatic heterocycles. The van der Waals surface area contributed by atoms with E-state index in [1.54, 1.807) is 0 Å². The summed E-state index contributed by atoms with van der Waals surface area (Å²) in [4.78, 5) is 2.33. The highest BCUT2D eigenvalue weighted by Gasteiger charge is 2.35. The van der Waals surface area contributed by atoms with Crippen LogP contribution in [0.5, 0.6) is 0 Å². The fourth-order valence-electron chi connectivity index (χ4n) is 2.55. The minimum absolute atomic E-state index is 0.0220. The van der Waals surface area contributed by atoms with E-state index in [1.165, 1.54) is 0 Å². The Balaban J connectivity index is 2.34. The molecule has 1 aliphatic heterocycles. The second-order valence-electron chi connectivity index (χ2n) is 4.91. The van der Waals surface area contributed by atoms with Crippen molar-refractivity contribution in [2.24, 2.45) is 5.73 Å². The largest absolute Gasteiger partial charge is 0.330 e. The highest BCUT2D eigenvalue weighted by Crippen LogP contribution is 2.38. The third-order valence-corrected chi connectivity index (χ3v) is 4.39. The summed E-state index contributed by atoms with van der Waals surface area (Å²) in [6, 6.07) is 5.75. The highest BCUT2D eigenvalue weighted by atomic mass is 35.5. The lowest BCUT2D eigenvalue weighted by Gasteiger charge is -2.40. The van der Waals surface area contributed by atoms with Crippen LogP contribution in [0.25, 0.3) is 0 Å². The molecule has 1 aromatic carbocycles. The zero-order valence-electron chi connectivity index (χ0n) is 10.0. The molecule has 0 saturated carbocycles. The number of benzene rings is 1. The Labute approximate surface area is 113 Å². The van der Waals surface area contributed by atoms with Gasteiger partial charge in [-0.15, -0.1) is 0 Å². The number of piperidine rings is 1. The second-order valence-corrected chi connectivity index (χ2v) is 5.76. The Bertz CT molecular complexity index is 398. The predicted molar refractivity (Wildman–Crippen MR) is 73.9 cm³/mol. The second kappa shape index (κ2) is 5.15. The minimum Gasteiger partial charge on any atom is -0.330 e. The van der Waals surface area contributed by atoms with Gasteiger partial charge in [0, 0.05) is 22.0 Å². The van der Waals surface area contributed by atoms with Gasteiger partial charge in [0.15, 0.2) is 0 Å². The van der Waals surface area contributed by atoms with Crippen LogP contribution in [0, 0.1) is 0 Å². The Morgan fingerprint density at radius 2 is 1.94 bits per heavy atom. The first-order chi connectivity index (χ1) is 8.07. The van der Waals surface area contributed by atoms with Crippen LogP contribution in [0.3, 0.4) is 0 Å². The maximum Gasteiger partial charge on any atom is 0.0458 e. The first-order valence-electron chi connectivity index (χ1n) is 5.91. The van der Waals surface area contributed by atoms with Crippen molar-refractivity contribution in [2.45, 2.75) is 18.3 Å². The lowest BCUT2D eigenvalue weighted by molar-refractivity contribution is 0.192. The van der Waals surface area contributed by atoms with Gasteiger partial charge in [0.05, 0.1) is 0 Å². The van der Waals surface area contributed by atoms with E-state index in [4.69, 9.17) is 28.9 Å². The third kappa shape index (κ3) is 2.60. The SMILES string of the molecule is CN1CCC(CN)(c2ccc(Cl)cc2Cl)CC1. The first-order valence-corrected chi connectivity index (χ1v) is 6.67. The summed E-state index contributed by atoms with van der Waals surface area (Å²) < 4.78 is 0. The van der Waals surface area contributed by atoms with E-state index in [9.17, 15) is 0 Å². The number of nitrogens with two attached hydrogens (primary N) is 1. The van der Waals surface area contributed by atoms with Gasteiger partial charge in [0.25, 0.3) is 0 Å². The molecule has 0 aliphatic carbocycles. The molecule has 2 N–H and O–H groups in total. The maximum atomic E-state index is 6.31. The summed E-state index contributed by atoms with van der Waals surface area (Å²) in [5.41, 5.74) is 7.19. The predicted octanol–water partition coefficient (Wildman–Crippen LogP) is 2.92. The van der Waals surface area contributed by atoms with Gasteiger partial charge in [-0.05, 0) is 50.7 Å². The van der Waals surface area contributed by atoms with Gasteiger partial charge in [-0.3, -0.25) is 0 Å². The monoisotopic (exact) mass is 272 g/mol. The lowest BCUT2D eigenvalue weighted by Crippen LogP contribution is -2.45. The molecule has 4 heteroatoms. The van der Waals surface area contributed by atoms with Crippen LogP contribution < -0.4 is 5.73 Å². The van der Waals surface area contributed by atoms with Crippen molar-refractivity contribution < 1.29 is 0 Å². The van der Waals surface area contributed by atoms with Crippen LogP contribution >= 0.6 is 23.2 Å². The number of hydrogen-bond donors (Lipinski definition) is 1. The van der Waals surface area contributed by atoms with Crippen molar-refractivity contribution in [3.8, 4) is 0 Å². The summed E-state index contributed by atoms with van der Waals surface area (Å²) >= 11 is 12.3. The molecule has 0 unspecified atom stereocenters. The molecule has 0 spiro atoms. The van der Waals surface area contributed by atoms with Crippen molar-refractivity contribution in [1.82, 2.24) is 4.90 Å². The Hall–Kier alpha value is -0.280. The number of hydrogen-bond acceptors (Lipinski definition) is 2. The standard InChI is InChI=1S/C13H18Cl2N2/c1-17-6-4-13(9-16,5-7-17)11-3-2-10(14)8-12(11)15/h2-3,8H,4-7,9,16H2,1H3. The number of rotatable bonds is 2. The Morgan fingerprint density at radius 1 is 1.29 bits per heavy atom. The maximum absolute atomic E-state index is 6.31. The molecule has 17 heavy (non-hydrogen) atoms. The van der Waals surface area contributed by atoms with E-state index in [1.807, 2.05) is 18.2 Å². The van der Waals surface area contributed by atoms with E-state index >= 15 is 0 Å². The molecule has 1 aromatic rings. The normalized spacial score (nSPS) is 20.5. The van der Waals surface area contributed by atoms with Crippen LogP contribution in [0.1, 0.15) is 18.4 Å². The molecule has 1 aliphatic rings. The molecule has 2 nitrogen and oxygen atoms in total. The summed E-state index contributed by atoms with van der Waals surface area (Å²) in [5, 5.41) is 1.42. The molecular weight excluding hydrogens is 255 g/mol. The minimum atomic E-state index is 0.0220. The van der Waals surface area contributed by atoms with Gasteiger partial charge in [-0.1, -0.05) is 29.3 Å². The number of halogens is 2. The molecule has 94 valence electrons. The molecule has 0 bridgehead atoms. The highest BCUT2D eigenvalue weighted by molar-refractivity contribution is 6.35. The average molecular weight is 273 g/mol. The summed E-state index contributed by atoms with van der Waals surface area (Å²) in [7, 11) is 2.14. The van der Waals surface area contributed by atoms with Gasteiger partial charge in [0.2, 0.25) is 0 Å². The van der Waals surface area contributed by atoms with Gasteiger partial charge in [-0.2, -0.15) is 0 Å². The molecular formula is C13H18Cl2N2. The van der Waals surface area contributed by atoms with E-state index in [0.29, 0.717) is 11.6 Å². The van der Waals surface area contributed by atoms with E-state index < -0.39 is 0 Å². The summed E-state index contributed by atoms with van der Waals surface area (Å²) in [6.45, 7) is 2.77. The molecule has 0 radical (unpaired) electrons. The van der Waals surface area contributed by atoms with Crippen molar-refractivity contribution in [3.63, 3.8) is 0 Å². The molecule has 1 saturated heterocycles.